The van der Waals surface area contributed by atoms with Crippen molar-refractivity contribution in [2.45, 2.75) is 0 Å². The molecule has 0 bridgehead atoms. The molecule has 0 fully saturated rings. The quantitative estimate of drug-likeness (QED) is 0.139. The first kappa shape index (κ1) is 48.5. The summed E-state index contributed by atoms with van der Waals surface area (Å²) < 4.78 is 50.8. The van der Waals surface area contributed by atoms with Gasteiger partial charge in [0.2, 0.25) is 0 Å². The molecule has 0 N–H and O–H groups in total. The van der Waals surface area contributed by atoms with Crippen LogP contribution in [0.5, 0.6) is 0 Å². The van der Waals surface area contributed by atoms with Crippen molar-refractivity contribution in [1.29, 1.82) is 0 Å². The van der Waals surface area contributed by atoms with Gasteiger partial charge in [-0.25, -0.2) is 0 Å². The van der Waals surface area contributed by atoms with Gasteiger partial charge < -0.3 is 0 Å². The topological polar surface area (TPSA) is 105 Å². The molecule has 0 amide bonds. The molecule has 0 aliphatic heterocycles. The van der Waals surface area contributed by atoms with Crippen LogP contribution in [0.1, 0.15) is 0 Å². The first-order valence-electron chi connectivity index (χ1n) is 15.7. The van der Waals surface area contributed by atoms with Crippen LogP contribution in [0, 0.1) is 0 Å². The van der Waals surface area contributed by atoms with Gasteiger partial charge in [0.05, 0.1) is 0 Å². The van der Waals surface area contributed by atoms with E-state index in [1.165, 1.54) is 0 Å². The molecule has 48 heavy (non-hydrogen) atoms. The normalized spacial score (nSPS) is 15.5. The van der Waals surface area contributed by atoms with E-state index in [2.05, 4.69) is 56.0 Å². The summed E-state index contributed by atoms with van der Waals surface area (Å²) in [4.78, 5) is 13.7. The number of rotatable bonds is 18. The van der Waals surface area contributed by atoms with Crippen LogP contribution in [-0.4, -0.2) is 238 Å². The van der Waals surface area contributed by atoms with Gasteiger partial charge in [0.15, 0.2) is 0 Å². The molecule has 0 rings (SSSR count). The van der Waals surface area contributed by atoms with Gasteiger partial charge in [-0.3, -0.25) is 0 Å². The standard InChI is InChI=1S/C26H75N16OP5/c1-31(2)44(32(3)4,33(5)6)27-48(26-25-43,28-45(34(7)8,35(9)10)36(11)12,29-46(37(13)14,38(15)16)39(17)18)30-47(40(19)20,41(21)22)42(23)24/h25H,26H2,1-24H3. The Morgan fingerprint density at radius 3 is 0.542 bits per heavy atom. The summed E-state index contributed by atoms with van der Waals surface area (Å²) in [5, 5.41) is 0. The fourth-order valence-electron chi connectivity index (χ4n) is 6.62. The summed E-state index contributed by atoms with van der Waals surface area (Å²) in [5.74, 6) is 0. The molecule has 0 atom stereocenters. The van der Waals surface area contributed by atoms with E-state index >= 15 is 0 Å². The Bertz CT molecular complexity index is 1000. The number of hydrogen-bond acceptors (Lipinski definition) is 5. The predicted octanol–water partition coefficient (Wildman–Crippen LogP) is 4.92. The van der Waals surface area contributed by atoms with E-state index in [0.717, 1.165) is 6.29 Å². The molecule has 0 aromatic rings. The fourth-order valence-corrected chi connectivity index (χ4v) is 35.0. The van der Waals surface area contributed by atoms with E-state index in [-0.39, 0.29) is 6.16 Å². The molecule has 22 heteroatoms. The molecule has 0 saturated carbocycles. The molecule has 0 heterocycles. The van der Waals surface area contributed by atoms with Gasteiger partial charge in [0, 0.05) is 0 Å². The van der Waals surface area contributed by atoms with Gasteiger partial charge in [-0.1, -0.05) is 0 Å². The Kier molecular flexibility index (Phi) is 17.8. The van der Waals surface area contributed by atoms with Gasteiger partial charge in [-0.2, -0.15) is 0 Å². The second-order valence-electron chi connectivity index (χ2n) is 14.1. The van der Waals surface area contributed by atoms with Gasteiger partial charge in [-0.15, -0.1) is 0 Å². The first-order valence-corrected chi connectivity index (χ1v) is 24.3. The van der Waals surface area contributed by atoms with E-state index in [4.69, 9.17) is 18.1 Å². The average Bonchev–Trinajstić information content (AvgIpc) is 2.90. The second-order valence-corrected chi connectivity index (χ2v) is 33.4. The SMILES string of the molecule is CN(C)P(=NP(CC=O)(N=P(N(C)C)(N(C)C)N(C)C)(N=P(N(C)C)(N(C)C)N(C)C)N=P(N(C)C)(N(C)C)N(C)C)(N(C)C)N(C)C. The van der Waals surface area contributed by atoms with Crippen molar-refractivity contribution >= 4 is 43.5 Å². The van der Waals surface area contributed by atoms with Gasteiger partial charge in [0.25, 0.3) is 0 Å². The van der Waals surface area contributed by atoms with Crippen molar-refractivity contribution in [2.75, 3.05) is 175 Å². The summed E-state index contributed by atoms with van der Waals surface area (Å²) in [5.41, 5.74) is 0. The summed E-state index contributed by atoms with van der Waals surface area (Å²) in [7, 11) is 33.0. The van der Waals surface area contributed by atoms with Gasteiger partial charge >= 0.3 is 298 Å². The predicted molar refractivity (Wildman–Crippen MR) is 219 cm³/mol. The van der Waals surface area contributed by atoms with Crippen molar-refractivity contribution in [3.63, 3.8) is 0 Å². The second kappa shape index (κ2) is 17.6. The molecule has 0 aliphatic carbocycles. The van der Waals surface area contributed by atoms with Crippen molar-refractivity contribution in [1.82, 2.24) is 56.0 Å². The average molecular weight is 783 g/mol. The van der Waals surface area contributed by atoms with Crippen LogP contribution in [0.4, 0.5) is 0 Å². The molecule has 0 radical (unpaired) electrons. The number of hydrogen-bond donors (Lipinski definition) is 0. The minimum absolute atomic E-state index is 0.0886. The van der Waals surface area contributed by atoms with Crippen LogP contribution in [-0.2, 0) is 4.79 Å². The Hall–Kier alpha value is 0.540. The third-order valence-electron chi connectivity index (χ3n) is 8.05. The fraction of sp³-hybridized carbons (Fsp3) is 0.962. The maximum atomic E-state index is 13.7. The first-order chi connectivity index (χ1) is 21.5. The third kappa shape index (κ3) is 8.67. The maximum absolute atomic E-state index is 13.7. The van der Waals surface area contributed by atoms with Crippen LogP contribution in [0.3, 0.4) is 0 Å². The third-order valence-corrected chi connectivity index (χ3v) is 31.4. The molecular weight excluding hydrogens is 707 g/mol. The van der Waals surface area contributed by atoms with E-state index < -0.39 is 37.2 Å². The molecule has 17 nitrogen and oxygen atoms in total. The van der Waals surface area contributed by atoms with Crippen LogP contribution < -0.4 is 0 Å². The molecule has 0 saturated heterocycles. The van der Waals surface area contributed by atoms with E-state index in [9.17, 15) is 4.79 Å². The van der Waals surface area contributed by atoms with E-state index in [1.807, 2.05) is 169 Å². The van der Waals surface area contributed by atoms with Gasteiger partial charge in [-0.05, 0) is 0 Å². The van der Waals surface area contributed by atoms with E-state index in [1.54, 1.807) is 0 Å². The number of carbonyl (C=O) groups excluding carboxylic acids is 1. The zero-order valence-electron chi connectivity index (χ0n) is 35.1. The Labute approximate surface area is 297 Å². The van der Waals surface area contributed by atoms with Crippen LogP contribution in [0.2, 0.25) is 0 Å². The van der Waals surface area contributed by atoms with Crippen LogP contribution >= 0.6 is 37.2 Å². The molecule has 0 aliphatic rings. The summed E-state index contributed by atoms with van der Waals surface area (Å²) >= 11 is 0. The van der Waals surface area contributed by atoms with E-state index in [0.29, 0.717) is 0 Å². The van der Waals surface area contributed by atoms with Crippen LogP contribution in [0.15, 0.2) is 18.1 Å². The van der Waals surface area contributed by atoms with Crippen molar-refractivity contribution in [2.24, 2.45) is 18.1 Å². The molecule has 290 valence electrons. The summed E-state index contributed by atoms with van der Waals surface area (Å²) in [6.45, 7) is 0. The minimum atomic E-state index is -4.86. The number of carbonyl (C=O) groups is 1. The molecular formula is C26H75N16OP5. The molecule has 0 aromatic carbocycles. The van der Waals surface area contributed by atoms with Crippen molar-refractivity contribution < 1.29 is 4.79 Å². The zero-order valence-corrected chi connectivity index (χ0v) is 39.6. The Morgan fingerprint density at radius 2 is 0.458 bits per heavy atom. The number of aldehydes is 1. The van der Waals surface area contributed by atoms with Crippen molar-refractivity contribution in [3.8, 4) is 0 Å². The molecule has 0 unspecified atom stereocenters. The number of nitrogens with zero attached hydrogens (tertiary/aromatic N) is 16. The summed E-state index contributed by atoms with van der Waals surface area (Å²) in [6, 6.07) is 0. The Morgan fingerprint density at radius 1 is 0.333 bits per heavy atom. The zero-order chi connectivity index (χ0) is 38.6. The van der Waals surface area contributed by atoms with Gasteiger partial charge in [0.1, 0.15) is 0 Å². The molecule has 0 spiro atoms. The van der Waals surface area contributed by atoms with Crippen molar-refractivity contribution in [3.05, 3.63) is 0 Å². The van der Waals surface area contributed by atoms with Crippen LogP contribution in [0.25, 0.3) is 0 Å². The monoisotopic (exact) mass is 782 g/mol. The Balaban J connectivity index is 11.1. The molecule has 0 aromatic heterocycles. The summed E-state index contributed by atoms with van der Waals surface area (Å²) in [6.07, 6.45) is 0.878.